The summed E-state index contributed by atoms with van der Waals surface area (Å²) in [5.74, 6) is -0.304. The van der Waals surface area contributed by atoms with Gasteiger partial charge in [-0.25, -0.2) is 9.97 Å². The zero-order valence-corrected chi connectivity index (χ0v) is 11.6. The van der Waals surface area contributed by atoms with Gasteiger partial charge in [0.2, 0.25) is 5.95 Å². The Morgan fingerprint density at radius 1 is 1.17 bits per heavy atom. The highest BCUT2D eigenvalue weighted by molar-refractivity contribution is 9.10. The molecule has 1 rings (SSSR count). The molecule has 0 unspecified atom stereocenters. The second kappa shape index (κ2) is 6.92. The molecule has 0 spiro atoms. The molecule has 0 N–H and O–H groups in total. The fourth-order valence-electron chi connectivity index (χ4n) is 1.48. The standard InChI is InChI=1S/C11H15BrF3N3/c1-2-3-4-5-6-18(11(13,14)15)10-16-7-9(12)8-17-10/h7-8H,2-6H2,1H3. The van der Waals surface area contributed by atoms with E-state index in [2.05, 4.69) is 25.9 Å². The van der Waals surface area contributed by atoms with Crippen LogP contribution in [0.2, 0.25) is 0 Å². The lowest BCUT2D eigenvalue weighted by Crippen LogP contribution is -2.40. The SMILES string of the molecule is CCCCCCN(c1ncc(Br)cn1)C(F)(F)F. The second-order valence-corrected chi connectivity index (χ2v) is 4.80. The molecule has 0 amide bonds. The number of aromatic nitrogens is 2. The largest absolute Gasteiger partial charge is 0.487 e. The maximum atomic E-state index is 12.8. The van der Waals surface area contributed by atoms with E-state index < -0.39 is 6.30 Å². The highest BCUT2D eigenvalue weighted by atomic mass is 79.9. The van der Waals surface area contributed by atoms with E-state index in [1.54, 1.807) is 0 Å². The molecule has 0 saturated carbocycles. The van der Waals surface area contributed by atoms with Gasteiger partial charge in [-0.15, -0.1) is 13.2 Å². The van der Waals surface area contributed by atoms with Gasteiger partial charge in [-0.2, -0.15) is 0 Å². The monoisotopic (exact) mass is 325 g/mol. The Balaban J connectivity index is 2.70. The quantitative estimate of drug-likeness (QED) is 0.581. The van der Waals surface area contributed by atoms with E-state index in [0.29, 0.717) is 10.9 Å². The number of alkyl halides is 3. The lowest BCUT2D eigenvalue weighted by Gasteiger charge is -2.24. The molecular formula is C11H15BrF3N3. The number of hydrogen-bond donors (Lipinski definition) is 0. The molecule has 1 aromatic heterocycles. The lowest BCUT2D eigenvalue weighted by molar-refractivity contribution is -0.130. The molecule has 0 bridgehead atoms. The Kier molecular flexibility index (Phi) is 5.84. The van der Waals surface area contributed by atoms with E-state index >= 15 is 0 Å². The minimum absolute atomic E-state index is 0.106. The van der Waals surface area contributed by atoms with Gasteiger partial charge in [-0.3, -0.25) is 4.90 Å². The summed E-state index contributed by atoms with van der Waals surface area (Å²) >= 11 is 3.09. The molecule has 102 valence electrons. The molecule has 0 atom stereocenters. The summed E-state index contributed by atoms with van der Waals surface area (Å²) in [7, 11) is 0. The minimum atomic E-state index is -4.44. The van der Waals surface area contributed by atoms with Crippen LogP contribution in [0.1, 0.15) is 32.6 Å². The third-order valence-electron chi connectivity index (χ3n) is 2.39. The van der Waals surface area contributed by atoms with E-state index in [1.165, 1.54) is 12.4 Å². The summed E-state index contributed by atoms with van der Waals surface area (Å²) in [6, 6.07) is 0. The summed E-state index contributed by atoms with van der Waals surface area (Å²) in [4.78, 5) is 7.67. The van der Waals surface area contributed by atoms with Crippen LogP contribution in [0, 0.1) is 0 Å². The highest BCUT2D eigenvalue weighted by Crippen LogP contribution is 2.26. The van der Waals surface area contributed by atoms with Gasteiger partial charge in [0.1, 0.15) is 0 Å². The number of hydrogen-bond acceptors (Lipinski definition) is 3. The predicted octanol–water partition coefficient (Wildman–Crippen LogP) is 4.15. The van der Waals surface area contributed by atoms with Crippen LogP contribution in [0.5, 0.6) is 0 Å². The lowest BCUT2D eigenvalue weighted by atomic mass is 10.2. The summed E-state index contributed by atoms with van der Waals surface area (Å²) in [6.45, 7) is 1.91. The van der Waals surface area contributed by atoms with Crippen LogP contribution in [0.25, 0.3) is 0 Å². The number of nitrogens with zero attached hydrogens (tertiary/aromatic N) is 3. The molecule has 3 nitrogen and oxygen atoms in total. The first-order valence-corrected chi connectivity index (χ1v) is 6.56. The second-order valence-electron chi connectivity index (χ2n) is 3.88. The number of halogens is 4. The van der Waals surface area contributed by atoms with Crippen molar-refractivity contribution in [3.05, 3.63) is 16.9 Å². The average Bonchev–Trinajstić information content (AvgIpc) is 2.29. The Morgan fingerprint density at radius 3 is 2.28 bits per heavy atom. The Bertz CT molecular complexity index is 354. The first-order valence-electron chi connectivity index (χ1n) is 5.77. The van der Waals surface area contributed by atoms with Crippen molar-refractivity contribution < 1.29 is 13.2 Å². The van der Waals surface area contributed by atoms with Crippen molar-refractivity contribution in [2.24, 2.45) is 0 Å². The first-order chi connectivity index (χ1) is 8.45. The van der Waals surface area contributed by atoms with Crippen molar-refractivity contribution in [1.82, 2.24) is 9.97 Å². The van der Waals surface area contributed by atoms with Crippen LogP contribution in [-0.4, -0.2) is 22.8 Å². The van der Waals surface area contributed by atoms with Crippen LogP contribution >= 0.6 is 15.9 Å². The van der Waals surface area contributed by atoms with Crippen LogP contribution in [0.15, 0.2) is 16.9 Å². The molecular weight excluding hydrogens is 311 g/mol. The molecule has 0 aromatic carbocycles. The summed E-state index contributed by atoms with van der Waals surface area (Å²) < 4.78 is 39.1. The number of rotatable bonds is 6. The van der Waals surface area contributed by atoms with E-state index in [1.807, 2.05) is 6.92 Å². The highest BCUT2D eigenvalue weighted by Gasteiger charge is 2.38. The van der Waals surface area contributed by atoms with Gasteiger partial charge < -0.3 is 0 Å². The van der Waals surface area contributed by atoms with Crippen molar-refractivity contribution in [2.45, 2.75) is 38.9 Å². The van der Waals surface area contributed by atoms with Gasteiger partial charge in [0.25, 0.3) is 0 Å². The Morgan fingerprint density at radius 2 is 1.78 bits per heavy atom. The van der Waals surface area contributed by atoms with Crippen LogP contribution in [0.4, 0.5) is 19.1 Å². The smallest absolute Gasteiger partial charge is 0.252 e. The normalized spacial score (nSPS) is 11.6. The average molecular weight is 326 g/mol. The molecule has 0 saturated heterocycles. The van der Waals surface area contributed by atoms with Crippen molar-refractivity contribution >= 4 is 21.9 Å². The van der Waals surface area contributed by atoms with Gasteiger partial charge in [0.05, 0.1) is 4.47 Å². The number of unbranched alkanes of at least 4 members (excludes halogenated alkanes) is 3. The third-order valence-corrected chi connectivity index (χ3v) is 2.80. The van der Waals surface area contributed by atoms with Gasteiger partial charge in [-0.1, -0.05) is 26.2 Å². The van der Waals surface area contributed by atoms with Gasteiger partial charge in [0, 0.05) is 18.9 Å². The van der Waals surface area contributed by atoms with Crippen LogP contribution in [-0.2, 0) is 0 Å². The molecule has 1 heterocycles. The van der Waals surface area contributed by atoms with E-state index in [-0.39, 0.29) is 17.4 Å². The zero-order chi connectivity index (χ0) is 13.6. The molecule has 0 aliphatic rings. The van der Waals surface area contributed by atoms with Crippen molar-refractivity contribution in [3.8, 4) is 0 Å². The zero-order valence-electron chi connectivity index (χ0n) is 10.0. The topological polar surface area (TPSA) is 29.0 Å². The number of anilines is 1. The van der Waals surface area contributed by atoms with E-state index in [0.717, 1.165) is 19.3 Å². The van der Waals surface area contributed by atoms with Gasteiger partial charge in [-0.05, 0) is 22.4 Å². The summed E-state index contributed by atoms with van der Waals surface area (Å²) in [5, 5.41) is 0. The Hall–Kier alpha value is -0.850. The fourth-order valence-corrected chi connectivity index (χ4v) is 1.69. The van der Waals surface area contributed by atoms with Gasteiger partial charge >= 0.3 is 6.30 Å². The Labute approximate surface area is 113 Å². The first kappa shape index (κ1) is 15.2. The molecule has 18 heavy (non-hydrogen) atoms. The summed E-state index contributed by atoms with van der Waals surface area (Å²) in [6.07, 6.45) is 1.36. The predicted molar refractivity (Wildman–Crippen MR) is 67.3 cm³/mol. The molecule has 7 heteroatoms. The van der Waals surface area contributed by atoms with Crippen molar-refractivity contribution in [2.75, 3.05) is 11.4 Å². The van der Waals surface area contributed by atoms with Crippen molar-refractivity contribution in [1.29, 1.82) is 0 Å². The molecule has 0 aliphatic heterocycles. The molecule has 0 aliphatic carbocycles. The minimum Gasteiger partial charge on any atom is -0.252 e. The van der Waals surface area contributed by atoms with Crippen LogP contribution < -0.4 is 4.90 Å². The maximum absolute atomic E-state index is 12.8. The van der Waals surface area contributed by atoms with E-state index in [9.17, 15) is 13.2 Å². The molecule has 1 aromatic rings. The summed E-state index contributed by atoms with van der Waals surface area (Å²) in [5.41, 5.74) is 0. The van der Waals surface area contributed by atoms with Gasteiger partial charge in [0.15, 0.2) is 0 Å². The molecule has 0 fully saturated rings. The maximum Gasteiger partial charge on any atom is 0.487 e. The van der Waals surface area contributed by atoms with E-state index in [4.69, 9.17) is 0 Å². The fraction of sp³-hybridized carbons (Fsp3) is 0.636. The molecule has 0 radical (unpaired) electrons. The van der Waals surface area contributed by atoms with Crippen molar-refractivity contribution in [3.63, 3.8) is 0 Å². The van der Waals surface area contributed by atoms with Crippen LogP contribution in [0.3, 0.4) is 0 Å². The third kappa shape index (κ3) is 4.80.